The number of alkyl halides is 3. The van der Waals surface area contributed by atoms with Crippen LogP contribution in [-0.4, -0.2) is 80.2 Å². The third kappa shape index (κ3) is 6.37. The number of fused-ring (bicyclic) bond motifs is 1. The largest absolute Gasteiger partial charge is 0.393 e. The van der Waals surface area contributed by atoms with Crippen molar-refractivity contribution < 1.29 is 27.5 Å². The van der Waals surface area contributed by atoms with Gasteiger partial charge in [0.05, 0.1) is 37.1 Å². The van der Waals surface area contributed by atoms with Crippen LogP contribution in [0.3, 0.4) is 0 Å². The van der Waals surface area contributed by atoms with Gasteiger partial charge in [-0.2, -0.15) is 28.4 Å². The molecule has 2 N–H and O–H groups in total. The van der Waals surface area contributed by atoms with Gasteiger partial charge >= 0.3 is 6.18 Å². The lowest BCUT2D eigenvalue weighted by molar-refractivity contribution is -0.183. The van der Waals surface area contributed by atoms with Crippen LogP contribution < -0.4 is 15.5 Å². The van der Waals surface area contributed by atoms with Gasteiger partial charge in [-0.3, -0.25) is 14.3 Å². The molecule has 12 nitrogen and oxygen atoms in total. The van der Waals surface area contributed by atoms with Gasteiger partial charge in [0.2, 0.25) is 5.91 Å². The fourth-order valence-corrected chi connectivity index (χ4v) is 6.63. The molecule has 0 aromatic carbocycles. The van der Waals surface area contributed by atoms with Gasteiger partial charge in [0.1, 0.15) is 11.4 Å². The summed E-state index contributed by atoms with van der Waals surface area (Å²) in [5.41, 5.74) is 1.51. The van der Waals surface area contributed by atoms with Crippen molar-refractivity contribution in [1.82, 2.24) is 40.0 Å². The zero-order valence-electron chi connectivity index (χ0n) is 24.7. The lowest BCUT2D eigenvalue weighted by atomic mass is 9.82. The molecule has 238 valence electrons. The number of amides is 2. The van der Waals surface area contributed by atoms with Crippen molar-refractivity contribution in [3.63, 3.8) is 0 Å². The predicted octanol–water partition coefficient (Wildman–Crippen LogP) is 3.09. The molecule has 0 radical (unpaired) electrons. The molecule has 3 aromatic heterocycles. The number of morpholine rings is 1. The Bertz CT molecular complexity index is 1480. The number of hydrogen-bond donors (Lipinski definition) is 2. The molecule has 3 fully saturated rings. The number of nitrogens with zero attached hydrogens (tertiary/aromatic N) is 7. The van der Waals surface area contributed by atoms with E-state index in [0.717, 1.165) is 32.1 Å². The Balaban J connectivity index is 1.35. The predicted molar refractivity (Wildman–Crippen MR) is 153 cm³/mol. The highest BCUT2D eigenvalue weighted by molar-refractivity contribution is 5.92. The van der Waals surface area contributed by atoms with E-state index in [-0.39, 0.29) is 24.7 Å². The Morgan fingerprint density at radius 2 is 1.95 bits per heavy atom. The second-order valence-corrected chi connectivity index (χ2v) is 11.9. The highest BCUT2D eigenvalue weighted by Gasteiger charge is 2.45. The first-order valence-corrected chi connectivity index (χ1v) is 15.5. The molecular formula is C29H38F3N9O3. The smallest absolute Gasteiger partial charge is 0.378 e. The number of carbonyl (C=O) groups is 2. The van der Waals surface area contributed by atoms with Crippen molar-refractivity contribution in [2.75, 3.05) is 37.7 Å². The van der Waals surface area contributed by atoms with E-state index in [1.165, 1.54) is 4.52 Å². The Morgan fingerprint density at radius 1 is 1.18 bits per heavy atom. The van der Waals surface area contributed by atoms with Crippen molar-refractivity contribution in [3.8, 4) is 0 Å². The molecule has 15 heteroatoms. The third-order valence-electron chi connectivity index (χ3n) is 9.03. The fourth-order valence-electron chi connectivity index (χ4n) is 6.63. The molecule has 0 bridgehead atoms. The van der Waals surface area contributed by atoms with Gasteiger partial charge in [-0.05, 0) is 38.2 Å². The van der Waals surface area contributed by atoms with Crippen LogP contribution in [0.25, 0.3) is 5.78 Å². The molecule has 2 aliphatic heterocycles. The van der Waals surface area contributed by atoms with E-state index in [1.54, 1.807) is 23.1 Å². The van der Waals surface area contributed by atoms with Crippen molar-refractivity contribution in [2.24, 2.45) is 17.8 Å². The zero-order chi connectivity index (χ0) is 30.8. The highest BCUT2D eigenvalue weighted by atomic mass is 19.4. The maximum absolute atomic E-state index is 13.6. The number of anilines is 1. The van der Waals surface area contributed by atoms with E-state index in [9.17, 15) is 22.8 Å². The number of aromatic nitrogens is 6. The second-order valence-electron chi connectivity index (χ2n) is 11.9. The van der Waals surface area contributed by atoms with Crippen LogP contribution >= 0.6 is 0 Å². The number of ether oxygens (including phenoxy) is 1. The van der Waals surface area contributed by atoms with Crippen LogP contribution in [0.4, 0.5) is 19.0 Å². The topological polar surface area (TPSA) is 132 Å². The number of rotatable bonds is 8. The first kappa shape index (κ1) is 30.3. The molecule has 0 spiro atoms. The van der Waals surface area contributed by atoms with E-state index in [0.29, 0.717) is 61.5 Å². The molecule has 3 aromatic rings. The first-order chi connectivity index (χ1) is 21.2. The summed E-state index contributed by atoms with van der Waals surface area (Å²) < 4.78 is 49.4. The van der Waals surface area contributed by atoms with Crippen LogP contribution in [0.5, 0.6) is 0 Å². The van der Waals surface area contributed by atoms with Crippen LogP contribution in [0.15, 0.2) is 18.5 Å². The quantitative estimate of drug-likeness (QED) is 0.395. The van der Waals surface area contributed by atoms with E-state index < -0.39 is 36.5 Å². The molecule has 1 saturated carbocycles. The number of nitrogens with one attached hydrogen (secondary N) is 2. The van der Waals surface area contributed by atoms with Crippen molar-refractivity contribution in [1.29, 1.82) is 0 Å². The molecule has 44 heavy (non-hydrogen) atoms. The summed E-state index contributed by atoms with van der Waals surface area (Å²) in [6.45, 7) is 4.05. The van der Waals surface area contributed by atoms with Gasteiger partial charge in [-0.25, -0.2) is 9.50 Å². The maximum Gasteiger partial charge on any atom is 0.393 e. The summed E-state index contributed by atoms with van der Waals surface area (Å²) in [4.78, 5) is 37.8. The summed E-state index contributed by atoms with van der Waals surface area (Å²) in [7, 11) is 0. The minimum atomic E-state index is -4.40. The summed E-state index contributed by atoms with van der Waals surface area (Å²) >= 11 is 0. The monoisotopic (exact) mass is 617 g/mol. The minimum Gasteiger partial charge on any atom is -0.378 e. The van der Waals surface area contributed by atoms with Gasteiger partial charge in [0.15, 0.2) is 5.82 Å². The Hall–Kier alpha value is -3.75. The highest BCUT2D eigenvalue weighted by Crippen LogP contribution is 2.36. The lowest BCUT2D eigenvalue weighted by Gasteiger charge is -2.32. The van der Waals surface area contributed by atoms with Crippen LogP contribution in [-0.2, 0) is 22.5 Å². The van der Waals surface area contributed by atoms with Gasteiger partial charge in [-0.15, -0.1) is 0 Å². The summed E-state index contributed by atoms with van der Waals surface area (Å²) in [5, 5.41) is 14.7. The van der Waals surface area contributed by atoms with Crippen LogP contribution in [0.1, 0.15) is 73.4 Å². The molecule has 5 heterocycles. The zero-order valence-corrected chi connectivity index (χ0v) is 24.7. The number of piperidine rings is 1. The number of imidazole rings is 1. The first-order valence-electron chi connectivity index (χ1n) is 15.5. The fraction of sp³-hybridized carbons (Fsp3) is 0.655. The molecule has 1 aliphatic carbocycles. The molecule has 3 aliphatic rings. The van der Waals surface area contributed by atoms with E-state index in [1.807, 2.05) is 11.8 Å². The van der Waals surface area contributed by atoms with Crippen molar-refractivity contribution in [3.05, 3.63) is 35.5 Å². The van der Waals surface area contributed by atoms with E-state index in [2.05, 4.69) is 15.7 Å². The summed E-state index contributed by atoms with van der Waals surface area (Å²) in [6.07, 6.45) is 3.77. The van der Waals surface area contributed by atoms with Gasteiger partial charge in [-0.1, -0.05) is 19.3 Å². The molecule has 3 unspecified atom stereocenters. The normalized spacial score (nSPS) is 22.6. The van der Waals surface area contributed by atoms with Crippen LogP contribution in [0.2, 0.25) is 0 Å². The lowest BCUT2D eigenvalue weighted by Crippen LogP contribution is -2.47. The minimum absolute atomic E-state index is 0.00531. The standard InChI is InChI=1S/C29H38F3N9O3/c1-2-40-23(8-9-34-40)27(43)36-24(18-6-4-3-5-7-18)22-17-41-28(35-22)37-25(39-10-12-44-13-11-39)21(38-41)15-19-14-20(29(30,31)32)16-33-26(19)42/h8-9,17-20,24H,2-7,10-16H2,1H3,(H,33,42)(H,36,43). The summed E-state index contributed by atoms with van der Waals surface area (Å²) in [6, 6.07) is 1.30. The number of carbonyl (C=O) groups excluding carboxylic acids is 2. The number of aryl methyl sites for hydroxylation is 1. The van der Waals surface area contributed by atoms with E-state index >= 15 is 0 Å². The second kappa shape index (κ2) is 12.7. The Morgan fingerprint density at radius 3 is 2.68 bits per heavy atom. The Kier molecular flexibility index (Phi) is 8.74. The molecule has 2 saturated heterocycles. The van der Waals surface area contributed by atoms with Gasteiger partial charge in [0.25, 0.3) is 11.7 Å². The molecule has 3 atom stereocenters. The summed E-state index contributed by atoms with van der Waals surface area (Å²) in [5.74, 6) is -2.20. The average molecular weight is 618 g/mol. The third-order valence-corrected chi connectivity index (χ3v) is 9.03. The van der Waals surface area contributed by atoms with Crippen molar-refractivity contribution in [2.45, 2.75) is 70.6 Å². The van der Waals surface area contributed by atoms with Gasteiger partial charge in [0, 0.05) is 44.7 Å². The average Bonchev–Trinajstić information content (AvgIpc) is 3.68. The SMILES string of the molecule is CCn1nccc1C(=O)NC(c1cn2nc(CC3CC(C(F)(F)F)CNC3=O)c(N3CCOCC3)nc2n1)C1CCCCC1. The number of hydrogen-bond acceptors (Lipinski definition) is 8. The van der Waals surface area contributed by atoms with Crippen LogP contribution in [0, 0.1) is 17.8 Å². The molecule has 2 amide bonds. The van der Waals surface area contributed by atoms with E-state index in [4.69, 9.17) is 19.8 Å². The maximum atomic E-state index is 13.6. The van der Waals surface area contributed by atoms with Crippen molar-refractivity contribution >= 4 is 23.4 Å². The van der Waals surface area contributed by atoms with Gasteiger partial charge < -0.3 is 20.3 Å². The number of halogens is 3. The Labute approximate surface area is 252 Å². The molecular weight excluding hydrogens is 579 g/mol. The molecule has 6 rings (SSSR count).